The Hall–Kier alpha value is -1.55. The predicted molar refractivity (Wildman–Crippen MR) is 84.8 cm³/mol. The van der Waals surface area contributed by atoms with Crippen LogP contribution in [0.15, 0.2) is 30.3 Å². The van der Waals surface area contributed by atoms with E-state index in [1.54, 1.807) is 0 Å². The minimum Gasteiger partial charge on any atom is -0.375 e. The topological polar surface area (TPSA) is 58.4 Å². The molecule has 0 heterocycles. The summed E-state index contributed by atoms with van der Waals surface area (Å²) >= 11 is 0. The Bertz CT molecular complexity index is 381. The number of nitrogens with one attached hydrogen (secondary N) is 1. The standard InChI is InChI=1S/C16H27N3O/c1-3-9-15(17)16(20)18-12-7-8-13-19(2)14-10-5-4-6-11-14/h4-6,10-11,15H,3,7-9,12-13,17H2,1-2H3,(H,18,20). The van der Waals surface area contributed by atoms with Crippen molar-refractivity contribution in [1.29, 1.82) is 0 Å². The summed E-state index contributed by atoms with van der Waals surface area (Å²) in [6.45, 7) is 3.73. The van der Waals surface area contributed by atoms with Gasteiger partial charge in [0, 0.05) is 25.8 Å². The number of hydrogen-bond acceptors (Lipinski definition) is 3. The van der Waals surface area contributed by atoms with Gasteiger partial charge in [0.25, 0.3) is 0 Å². The second-order valence-electron chi connectivity index (χ2n) is 5.15. The van der Waals surface area contributed by atoms with Crippen molar-refractivity contribution in [2.75, 3.05) is 25.0 Å². The zero-order chi connectivity index (χ0) is 14.8. The highest BCUT2D eigenvalue weighted by Gasteiger charge is 2.10. The number of benzene rings is 1. The van der Waals surface area contributed by atoms with E-state index in [2.05, 4.69) is 29.4 Å². The number of hydrogen-bond donors (Lipinski definition) is 2. The summed E-state index contributed by atoms with van der Waals surface area (Å²) in [5.41, 5.74) is 6.97. The molecule has 0 spiro atoms. The molecule has 0 aliphatic heterocycles. The molecule has 1 rings (SSSR count). The third-order valence-corrected chi connectivity index (χ3v) is 3.35. The Morgan fingerprint density at radius 2 is 2.00 bits per heavy atom. The van der Waals surface area contributed by atoms with E-state index in [0.717, 1.165) is 32.2 Å². The smallest absolute Gasteiger partial charge is 0.236 e. The second-order valence-corrected chi connectivity index (χ2v) is 5.15. The Morgan fingerprint density at radius 3 is 2.65 bits per heavy atom. The largest absolute Gasteiger partial charge is 0.375 e. The molecule has 20 heavy (non-hydrogen) atoms. The van der Waals surface area contributed by atoms with E-state index in [1.807, 2.05) is 25.1 Å². The fourth-order valence-electron chi connectivity index (χ4n) is 2.07. The van der Waals surface area contributed by atoms with Crippen LogP contribution in [0.3, 0.4) is 0 Å². The number of unbranched alkanes of at least 4 members (excludes halogenated alkanes) is 1. The van der Waals surface area contributed by atoms with Crippen molar-refractivity contribution in [3.63, 3.8) is 0 Å². The third-order valence-electron chi connectivity index (χ3n) is 3.35. The lowest BCUT2D eigenvalue weighted by molar-refractivity contribution is -0.122. The lowest BCUT2D eigenvalue weighted by atomic mass is 10.1. The number of rotatable bonds is 9. The minimum absolute atomic E-state index is 0.0248. The molecule has 1 amide bonds. The van der Waals surface area contributed by atoms with Crippen molar-refractivity contribution in [2.24, 2.45) is 5.73 Å². The van der Waals surface area contributed by atoms with Crippen LogP contribution in [0.5, 0.6) is 0 Å². The van der Waals surface area contributed by atoms with Gasteiger partial charge in [-0.3, -0.25) is 4.79 Å². The van der Waals surface area contributed by atoms with Crippen LogP contribution in [-0.2, 0) is 4.79 Å². The molecule has 1 unspecified atom stereocenters. The van der Waals surface area contributed by atoms with E-state index in [0.29, 0.717) is 6.54 Å². The number of carbonyl (C=O) groups is 1. The number of nitrogens with two attached hydrogens (primary N) is 1. The zero-order valence-corrected chi connectivity index (χ0v) is 12.6. The van der Waals surface area contributed by atoms with Crippen molar-refractivity contribution >= 4 is 11.6 Å². The lowest BCUT2D eigenvalue weighted by Gasteiger charge is -2.19. The molecule has 0 radical (unpaired) electrons. The number of amides is 1. The summed E-state index contributed by atoms with van der Waals surface area (Å²) in [6, 6.07) is 9.96. The molecule has 1 aromatic carbocycles. The van der Waals surface area contributed by atoms with E-state index >= 15 is 0 Å². The number of anilines is 1. The van der Waals surface area contributed by atoms with Crippen molar-refractivity contribution in [2.45, 2.75) is 38.6 Å². The van der Waals surface area contributed by atoms with Crippen LogP contribution in [0.1, 0.15) is 32.6 Å². The molecular formula is C16H27N3O. The van der Waals surface area contributed by atoms with Gasteiger partial charge in [-0.25, -0.2) is 0 Å². The Kier molecular flexibility index (Phi) is 7.73. The fraction of sp³-hybridized carbons (Fsp3) is 0.562. The normalized spacial score (nSPS) is 11.9. The van der Waals surface area contributed by atoms with E-state index in [4.69, 9.17) is 5.73 Å². The summed E-state index contributed by atoms with van der Waals surface area (Å²) in [6.07, 6.45) is 3.72. The zero-order valence-electron chi connectivity index (χ0n) is 12.6. The van der Waals surface area contributed by atoms with Crippen molar-refractivity contribution in [3.8, 4) is 0 Å². The van der Waals surface area contributed by atoms with Gasteiger partial charge in [0.05, 0.1) is 6.04 Å². The van der Waals surface area contributed by atoms with Crippen LogP contribution >= 0.6 is 0 Å². The maximum Gasteiger partial charge on any atom is 0.236 e. The summed E-state index contributed by atoms with van der Waals surface area (Å²) in [5.74, 6) is -0.0248. The molecule has 3 N–H and O–H groups in total. The second kappa shape index (κ2) is 9.37. The van der Waals surface area contributed by atoms with E-state index in [-0.39, 0.29) is 11.9 Å². The summed E-state index contributed by atoms with van der Waals surface area (Å²) in [4.78, 5) is 13.8. The van der Waals surface area contributed by atoms with Crippen LogP contribution in [0.25, 0.3) is 0 Å². The quantitative estimate of drug-likeness (QED) is 0.680. The summed E-state index contributed by atoms with van der Waals surface area (Å²) in [5, 5.41) is 2.90. The molecular weight excluding hydrogens is 250 g/mol. The average molecular weight is 277 g/mol. The maximum absolute atomic E-state index is 11.6. The molecule has 112 valence electrons. The number of carbonyl (C=O) groups excluding carboxylic acids is 1. The first-order valence-corrected chi connectivity index (χ1v) is 7.44. The number of nitrogens with zero attached hydrogens (tertiary/aromatic N) is 1. The molecule has 0 saturated carbocycles. The molecule has 1 atom stereocenters. The van der Waals surface area contributed by atoms with Gasteiger partial charge in [0.2, 0.25) is 5.91 Å². The first-order valence-electron chi connectivity index (χ1n) is 7.44. The van der Waals surface area contributed by atoms with E-state index < -0.39 is 0 Å². The molecule has 0 aliphatic carbocycles. The molecule has 0 aromatic heterocycles. The van der Waals surface area contributed by atoms with Gasteiger partial charge in [0.15, 0.2) is 0 Å². The monoisotopic (exact) mass is 277 g/mol. The van der Waals surface area contributed by atoms with Crippen LogP contribution in [0.2, 0.25) is 0 Å². The molecule has 0 fully saturated rings. The van der Waals surface area contributed by atoms with Crippen LogP contribution in [0.4, 0.5) is 5.69 Å². The van der Waals surface area contributed by atoms with E-state index in [1.165, 1.54) is 5.69 Å². The highest BCUT2D eigenvalue weighted by molar-refractivity contribution is 5.81. The van der Waals surface area contributed by atoms with Gasteiger partial charge >= 0.3 is 0 Å². The maximum atomic E-state index is 11.6. The van der Waals surface area contributed by atoms with Crippen LogP contribution < -0.4 is 16.0 Å². The Labute approximate surface area is 122 Å². The minimum atomic E-state index is -0.355. The molecule has 0 bridgehead atoms. The molecule has 1 aromatic rings. The van der Waals surface area contributed by atoms with Crippen LogP contribution in [0, 0.1) is 0 Å². The van der Waals surface area contributed by atoms with Crippen LogP contribution in [-0.4, -0.2) is 32.1 Å². The van der Waals surface area contributed by atoms with Gasteiger partial charge < -0.3 is 16.0 Å². The van der Waals surface area contributed by atoms with Gasteiger partial charge in [-0.15, -0.1) is 0 Å². The van der Waals surface area contributed by atoms with Gasteiger partial charge in [-0.2, -0.15) is 0 Å². The van der Waals surface area contributed by atoms with Gasteiger partial charge in [0.1, 0.15) is 0 Å². The first-order chi connectivity index (χ1) is 9.65. The average Bonchev–Trinajstić information content (AvgIpc) is 2.47. The summed E-state index contributed by atoms with van der Waals surface area (Å²) < 4.78 is 0. The number of para-hydroxylation sites is 1. The SMILES string of the molecule is CCCC(N)C(=O)NCCCCN(C)c1ccccc1. The van der Waals surface area contributed by atoms with Gasteiger partial charge in [-0.1, -0.05) is 31.5 Å². The predicted octanol–water partition coefficient (Wildman–Crippen LogP) is 2.15. The molecule has 4 nitrogen and oxygen atoms in total. The van der Waals surface area contributed by atoms with Crippen molar-refractivity contribution < 1.29 is 4.79 Å². The lowest BCUT2D eigenvalue weighted by Crippen LogP contribution is -2.40. The Morgan fingerprint density at radius 1 is 1.30 bits per heavy atom. The van der Waals surface area contributed by atoms with E-state index in [9.17, 15) is 4.79 Å². The first kappa shape index (κ1) is 16.5. The molecule has 0 aliphatic rings. The third kappa shape index (κ3) is 6.06. The van der Waals surface area contributed by atoms with Crippen molar-refractivity contribution in [3.05, 3.63) is 30.3 Å². The van der Waals surface area contributed by atoms with Gasteiger partial charge in [-0.05, 0) is 31.4 Å². The Balaban J connectivity index is 2.12. The van der Waals surface area contributed by atoms with Crippen molar-refractivity contribution in [1.82, 2.24) is 5.32 Å². The molecule has 0 saturated heterocycles. The highest BCUT2D eigenvalue weighted by atomic mass is 16.2. The highest BCUT2D eigenvalue weighted by Crippen LogP contribution is 2.11. The summed E-state index contributed by atoms with van der Waals surface area (Å²) in [7, 11) is 2.09. The fourth-order valence-corrected chi connectivity index (χ4v) is 2.07. The molecule has 4 heteroatoms.